The van der Waals surface area contributed by atoms with E-state index in [0.717, 1.165) is 11.4 Å². The molecule has 2 rings (SSSR count). The summed E-state index contributed by atoms with van der Waals surface area (Å²) in [6.07, 6.45) is 0. The van der Waals surface area contributed by atoms with Gasteiger partial charge in [0.1, 0.15) is 0 Å². The molecule has 0 aliphatic carbocycles. The second-order valence-electron chi connectivity index (χ2n) is 5.11. The Morgan fingerprint density at radius 1 is 1.10 bits per heavy atom. The number of hydrogen-bond donors (Lipinski definition) is 0. The van der Waals surface area contributed by atoms with Gasteiger partial charge in [-0.05, 0) is 19.9 Å². The highest BCUT2D eigenvalue weighted by atomic mass is 32.2. The lowest BCUT2D eigenvalue weighted by Crippen LogP contribution is -2.50. The third-order valence-electron chi connectivity index (χ3n) is 3.36. The summed E-state index contributed by atoms with van der Waals surface area (Å²) in [6, 6.07) is 1.91. The number of thioether (sulfide) groups is 1. The molecule has 0 bridgehead atoms. The van der Waals surface area contributed by atoms with Gasteiger partial charge in [-0.1, -0.05) is 11.8 Å². The smallest absolute Gasteiger partial charge is 0.233 e. The summed E-state index contributed by atoms with van der Waals surface area (Å²) in [6.45, 7) is 7.84. The van der Waals surface area contributed by atoms with E-state index in [1.165, 1.54) is 11.8 Å². The van der Waals surface area contributed by atoms with E-state index in [9.17, 15) is 9.59 Å². The van der Waals surface area contributed by atoms with Gasteiger partial charge in [0.05, 0.1) is 5.75 Å². The molecule has 1 saturated heterocycles. The van der Waals surface area contributed by atoms with Crippen molar-refractivity contribution in [2.24, 2.45) is 0 Å². The molecule has 1 aromatic rings. The van der Waals surface area contributed by atoms with Gasteiger partial charge >= 0.3 is 0 Å². The van der Waals surface area contributed by atoms with Crippen LogP contribution in [0.4, 0.5) is 0 Å². The van der Waals surface area contributed by atoms with Gasteiger partial charge in [0.15, 0.2) is 5.16 Å². The molecule has 6 nitrogen and oxygen atoms in total. The van der Waals surface area contributed by atoms with Crippen molar-refractivity contribution < 1.29 is 9.59 Å². The molecule has 0 N–H and O–H groups in total. The van der Waals surface area contributed by atoms with Gasteiger partial charge in [0.25, 0.3) is 0 Å². The van der Waals surface area contributed by atoms with Crippen molar-refractivity contribution in [1.29, 1.82) is 0 Å². The Labute approximate surface area is 128 Å². The lowest BCUT2D eigenvalue weighted by molar-refractivity contribution is -0.136. The molecule has 114 valence electrons. The van der Waals surface area contributed by atoms with Crippen molar-refractivity contribution >= 4 is 23.6 Å². The minimum atomic E-state index is 0.0695. The molecular weight excluding hydrogens is 288 g/mol. The zero-order valence-corrected chi connectivity index (χ0v) is 13.4. The molecule has 1 fully saturated rings. The zero-order valence-electron chi connectivity index (χ0n) is 12.6. The SMILES string of the molecule is CC(=O)N1CCN(C(=O)CSc2nc(C)cc(C)n2)CC1. The maximum Gasteiger partial charge on any atom is 0.233 e. The maximum atomic E-state index is 12.2. The first-order chi connectivity index (χ1) is 9.95. The van der Waals surface area contributed by atoms with Crippen molar-refractivity contribution in [3.8, 4) is 0 Å². The van der Waals surface area contributed by atoms with Crippen LogP contribution < -0.4 is 0 Å². The largest absolute Gasteiger partial charge is 0.339 e. The number of nitrogens with zero attached hydrogens (tertiary/aromatic N) is 4. The van der Waals surface area contributed by atoms with E-state index in [2.05, 4.69) is 9.97 Å². The summed E-state index contributed by atoms with van der Waals surface area (Å²) < 4.78 is 0. The number of carbonyl (C=O) groups is 2. The molecule has 0 aromatic carbocycles. The first-order valence-electron chi connectivity index (χ1n) is 6.94. The summed E-state index contributed by atoms with van der Waals surface area (Å²) in [7, 11) is 0. The molecule has 2 heterocycles. The fraction of sp³-hybridized carbons (Fsp3) is 0.571. The molecule has 2 amide bonds. The minimum absolute atomic E-state index is 0.0695. The lowest BCUT2D eigenvalue weighted by atomic mass is 10.3. The Morgan fingerprint density at radius 2 is 1.62 bits per heavy atom. The quantitative estimate of drug-likeness (QED) is 0.612. The highest BCUT2D eigenvalue weighted by Gasteiger charge is 2.22. The molecule has 21 heavy (non-hydrogen) atoms. The number of piperazine rings is 1. The molecule has 0 spiro atoms. The van der Waals surface area contributed by atoms with Crippen molar-refractivity contribution in [2.75, 3.05) is 31.9 Å². The highest BCUT2D eigenvalue weighted by Crippen LogP contribution is 2.15. The van der Waals surface area contributed by atoms with E-state index in [1.54, 1.807) is 16.7 Å². The molecular formula is C14H20N4O2S. The van der Waals surface area contributed by atoms with Crippen LogP contribution in [-0.4, -0.2) is 63.5 Å². The van der Waals surface area contributed by atoms with E-state index in [-0.39, 0.29) is 11.8 Å². The van der Waals surface area contributed by atoms with E-state index < -0.39 is 0 Å². The van der Waals surface area contributed by atoms with Crippen LogP contribution in [0, 0.1) is 13.8 Å². The van der Waals surface area contributed by atoms with Gasteiger partial charge in [-0.2, -0.15) is 0 Å². The monoisotopic (exact) mass is 308 g/mol. The van der Waals surface area contributed by atoms with Gasteiger partial charge in [-0.25, -0.2) is 9.97 Å². The van der Waals surface area contributed by atoms with Crippen LogP contribution in [0.2, 0.25) is 0 Å². The van der Waals surface area contributed by atoms with Crippen LogP contribution >= 0.6 is 11.8 Å². The Hall–Kier alpha value is -1.63. The second-order valence-corrected chi connectivity index (χ2v) is 6.05. The molecule has 0 unspecified atom stereocenters. The Balaban J connectivity index is 1.84. The van der Waals surface area contributed by atoms with Gasteiger partial charge in [0.2, 0.25) is 11.8 Å². The molecule has 0 radical (unpaired) electrons. The Kier molecular flexibility index (Phi) is 5.17. The molecule has 0 atom stereocenters. The van der Waals surface area contributed by atoms with Crippen molar-refractivity contribution in [3.05, 3.63) is 17.5 Å². The zero-order chi connectivity index (χ0) is 15.4. The standard InChI is InChI=1S/C14H20N4O2S/c1-10-8-11(2)16-14(15-10)21-9-13(20)18-6-4-17(5-7-18)12(3)19/h8H,4-7,9H2,1-3H3. The summed E-state index contributed by atoms with van der Waals surface area (Å²) in [5.74, 6) is 0.481. The van der Waals surface area contributed by atoms with Crippen molar-refractivity contribution in [3.63, 3.8) is 0 Å². The summed E-state index contributed by atoms with van der Waals surface area (Å²) in [5.41, 5.74) is 1.82. The number of carbonyl (C=O) groups excluding carboxylic acids is 2. The van der Waals surface area contributed by atoms with Gasteiger partial charge in [0, 0.05) is 44.5 Å². The predicted octanol–water partition coefficient (Wildman–Crippen LogP) is 0.876. The van der Waals surface area contributed by atoms with Crippen LogP contribution in [-0.2, 0) is 9.59 Å². The summed E-state index contributed by atoms with van der Waals surface area (Å²) >= 11 is 1.36. The van der Waals surface area contributed by atoms with Crippen LogP contribution in [0.3, 0.4) is 0 Å². The average Bonchev–Trinajstić information content (AvgIpc) is 2.44. The average molecular weight is 308 g/mol. The maximum absolute atomic E-state index is 12.2. The van der Waals surface area contributed by atoms with E-state index in [0.29, 0.717) is 37.1 Å². The molecule has 1 aliphatic rings. The molecule has 7 heteroatoms. The number of amides is 2. The Bertz CT molecular complexity index is 522. The number of rotatable bonds is 3. The lowest BCUT2D eigenvalue weighted by Gasteiger charge is -2.34. The second kappa shape index (κ2) is 6.89. The third kappa shape index (κ3) is 4.42. The Morgan fingerprint density at radius 3 is 2.14 bits per heavy atom. The molecule has 1 aromatic heterocycles. The highest BCUT2D eigenvalue weighted by molar-refractivity contribution is 7.99. The fourth-order valence-corrected chi connectivity index (χ4v) is 3.10. The van der Waals surface area contributed by atoms with Gasteiger partial charge in [-0.15, -0.1) is 0 Å². The first-order valence-corrected chi connectivity index (χ1v) is 7.92. The van der Waals surface area contributed by atoms with E-state index in [4.69, 9.17) is 0 Å². The normalized spacial score (nSPS) is 15.2. The first kappa shape index (κ1) is 15.8. The topological polar surface area (TPSA) is 66.4 Å². The number of aryl methyl sites for hydroxylation is 2. The van der Waals surface area contributed by atoms with Crippen LogP contribution in [0.5, 0.6) is 0 Å². The molecule has 1 aliphatic heterocycles. The molecule has 0 saturated carbocycles. The van der Waals surface area contributed by atoms with Crippen molar-refractivity contribution in [2.45, 2.75) is 25.9 Å². The van der Waals surface area contributed by atoms with Gasteiger partial charge < -0.3 is 9.80 Å². The fourth-order valence-electron chi connectivity index (χ4n) is 2.25. The predicted molar refractivity (Wildman–Crippen MR) is 81.1 cm³/mol. The number of hydrogen-bond acceptors (Lipinski definition) is 5. The van der Waals surface area contributed by atoms with E-state index in [1.807, 2.05) is 19.9 Å². The summed E-state index contributed by atoms with van der Waals surface area (Å²) in [4.78, 5) is 35.6. The van der Waals surface area contributed by atoms with Crippen LogP contribution in [0.15, 0.2) is 11.2 Å². The van der Waals surface area contributed by atoms with Crippen LogP contribution in [0.25, 0.3) is 0 Å². The summed E-state index contributed by atoms with van der Waals surface area (Å²) in [5, 5.41) is 0.642. The minimum Gasteiger partial charge on any atom is -0.339 e. The third-order valence-corrected chi connectivity index (χ3v) is 4.20. The van der Waals surface area contributed by atoms with Gasteiger partial charge in [-0.3, -0.25) is 9.59 Å². The number of aromatic nitrogens is 2. The van der Waals surface area contributed by atoms with Crippen LogP contribution in [0.1, 0.15) is 18.3 Å². The van der Waals surface area contributed by atoms with E-state index >= 15 is 0 Å². The van der Waals surface area contributed by atoms with Crippen molar-refractivity contribution in [1.82, 2.24) is 19.8 Å².